The average molecular weight is 429 g/mol. The Balaban J connectivity index is 1.44. The van der Waals surface area contributed by atoms with Crippen molar-refractivity contribution in [3.05, 3.63) is 12.2 Å². The van der Waals surface area contributed by atoms with E-state index in [0.717, 1.165) is 36.0 Å². The maximum Gasteiger partial charge on any atom is 0.315 e. The Morgan fingerprint density at radius 2 is 1.74 bits per heavy atom. The summed E-state index contributed by atoms with van der Waals surface area (Å²) in [6.45, 7) is 11.7. The highest BCUT2D eigenvalue weighted by Crippen LogP contribution is 2.68. The van der Waals surface area contributed by atoms with Gasteiger partial charge in [0.2, 0.25) is 0 Å². The van der Waals surface area contributed by atoms with E-state index in [0.29, 0.717) is 16.7 Å². The van der Waals surface area contributed by atoms with E-state index in [4.69, 9.17) is 4.74 Å². The number of hydrogen-bond acceptors (Lipinski definition) is 2. The van der Waals surface area contributed by atoms with Crippen molar-refractivity contribution in [1.29, 1.82) is 0 Å². The molecule has 4 fully saturated rings. The first-order valence-corrected chi connectivity index (χ1v) is 13.4. The lowest BCUT2D eigenvalue weighted by atomic mass is 9.44. The van der Waals surface area contributed by atoms with Gasteiger partial charge in [0, 0.05) is 0 Å². The standard InChI is InChI=1S/C29H48O2/c1-20(10-9-17-27(2,3)26(30)31-6)23-14-15-24-22-13-12-21-11-7-8-18-28(21,4)25(22)16-19-29(23,24)5/h9,17,20-25H,7-8,10-16,18-19H2,1-6H3/b17-9+/t20-,21+,22+,23-,24+,25+,28+,29-/m1/s1. The van der Waals surface area contributed by atoms with Gasteiger partial charge in [-0.15, -0.1) is 0 Å². The first-order chi connectivity index (χ1) is 14.6. The van der Waals surface area contributed by atoms with Gasteiger partial charge in [-0.2, -0.15) is 0 Å². The van der Waals surface area contributed by atoms with Crippen molar-refractivity contribution in [3.63, 3.8) is 0 Å². The van der Waals surface area contributed by atoms with E-state index < -0.39 is 5.41 Å². The van der Waals surface area contributed by atoms with E-state index in [9.17, 15) is 4.79 Å². The van der Waals surface area contributed by atoms with Gasteiger partial charge in [-0.25, -0.2) is 0 Å². The van der Waals surface area contributed by atoms with Gasteiger partial charge in [0.1, 0.15) is 0 Å². The summed E-state index contributed by atoms with van der Waals surface area (Å²) in [5.41, 5.74) is 0.654. The quantitative estimate of drug-likeness (QED) is 0.329. The molecule has 0 N–H and O–H groups in total. The van der Waals surface area contributed by atoms with Gasteiger partial charge in [-0.3, -0.25) is 4.79 Å². The fourth-order valence-electron chi connectivity index (χ4n) is 9.34. The number of carbonyl (C=O) groups is 1. The number of esters is 1. The van der Waals surface area contributed by atoms with Gasteiger partial charge in [-0.1, -0.05) is 45.8 Å². The van der Waals surface area contributed by atoms with Crippen LogP contribution in [0.25, 0.3) is 0 Å². The van der Waals surface area contributed by atoms with Crippen LogP contribution in [0.4, 0.5) is 0 Å². The lowest BCUT2D eigenvalue weighted by Crippen LogP contribution is -2.53. The van der Waals surface area contributed by atoms with E-state index in [2.05, 4.69) is 32.9 Å². The van der Waals surface area contributed by atoms with Crippen LogP contribution in [-0.4, -0.2) is 13.1 Å². The molecule has 4 rings (SSSR count). The molecule has 4 aliphatic carbocycles. The monoisotopic (exact) mass is 428 g/mol. The predicted octanol–water partition coefficient (Wildman–Crippen LogP) is 7.82. The molecule has 0 unspecified atom stereocenters. The van der Waals surface area contributed by atoms with Crippen molar-refractivity contribution >= 4 is 5.97 Å². The summed E-state index contributed by atoms with van der Waals surface area (Å²) in [6.07, 6.45) is 20.2. The fourth-order valence-corrected chi connectivity index (χ4v) is 9.34. The molecule has 0 aromatic carbocycles. The molecule has 0 aromatic rings. The van der Waals surface area contributed by atoms with Crippen molar-refractivity contribution in [2.45, 2.75) is 105 Å². The molecular weight excluding hydrogens is 380 g/mol. The van der Waals surface area contributed by atoms with Crippen LogP contribution in [-0.2, 0) is 9.53 Å². The van der Waals surface area contributed by atoms with E-state index >= 15 is 0 Å². The van der Waals surface area contributed by atoms with Crippen molar-refractivity contribution in [1.82, 2.24) is 0 Å². The topological polar surface area (TPSA) is 26.3 Å². The maximum atomic E-state index is 12.0. The molecule has 4 aliphatic rings. The average Bonchev–Trinajstić information content (AvgIpc) is 3.09. The maximum absolute atomic E-state index is 12.0. The minimum atomic E-state index is -0.525. The molecule has 4 saturated carbocycles. The molecule has 0 bridgehead atoms. The largest absolute Gasteiger partial charge is 0.468 e. The van der Waals surface area contributed by atoms with Crippen LogP contribution in [0.1, 0.15) is 105 Å². The first kappa shape index (κ1) is 23.4. The Bertz CT molecular complexity index is 693. The van der Waals surface area contributed by atoms with Crippen LogP contribution in [0.3, 0.4) is 0 Å². The van der Waals surface area contributed by atoms with Crippen molar-refractivity contribution in [2.24, 2.45) is 51.8 Å². The van der Waals surface area contributed by atoms with Crippen LogP contribution < -0.4 is 0 Å². The Kier molecular flexibility index (Phi) is 6.43. The zero-order chi connectivity index (χ0) is 22.4. The number of fused-ring (bicyclic) bond motifs is 5. The summed E-state index contributed by atoms with van der Waals surface area (Å²) in [7, 11) is 1.48. The van der Waals surface area contributed by atoms with Gasteiger partial charge in [0.15, 0.2) is 0 Å². The third-order valence-electron chi connectivity index (χ3n) is 11.1. The number of rotatable bonds is 5. The van der Waals surface area contributed by atoms with Gasteiger partial charge in [0.05, 0.1) is 12.5 Å². The molecular formula is C29H48O2. The summed E-state index contributed by atoms with van der Waals surface area (Å²) >= 11 is 0. The summed E-state index contributed by atoms with van der Waals surface area (Å²) < 4.78 is 4.96. The summed E-state index contributed by atoms with van der Waals surface area (Å²) in [5.74, 6) is 5.34. The van der Waals surface area contributed by atoms with E-state index in [1.165, 1.54) is 71.3 Å². The lowest BCUT2D eigenvalue weighted by Gasteiger charge is -2.61. The minimum absolute atomic E-state index is 0.144. The van der Waals surface area contributed by atoms with Gasteiger partial charge in [-0.05, 0) is 118 Å². The highest BCUT2D eigenvalue weighted by molar-refractivity contribution is 5.77. The van der Waals surface area contributed by atoms with Gasteiger partial charge < -0.3 is 4.74 Å². The molecule has 0 amide bonds. The smallest absolute Gasteiger partial charge is 0.315 e. The third kappa shape index (κ3) is 3.93. The summed E-state index contributed by atoms with van der Waals surface area (Å²) in [4.78, 5) is 12.0. The Morgan fingerprint density at radius 3 is 2.48 bits per heavy atom. The highest BCUT2D eigenvalue weighted by atomic mass is 16.5. The van der Waals surface area contributed by atoms with Crippen LogP contribution in [0, 0.1) is 51.8 Å². The van der Waals surface area contributed by atoms with Crippen LogP contribution >= 0.6 is 0 Å². The second-order valence-corrected chi connectivity index (χ2v) is 13.0. The molecule has 0 aliphatic heterocycles. The van der Waals surface area contributed by atoms with Gasteiger partial charge >= 0.3 is 5.97 Å². The molecule has 2 heteroatoms. The molecule has 0 aromatic heterocycles. The summed E-state index contributed by atoms with van der Waals surface area (Å²) in [6, 6.07) is 0. The minimum Gasteiger partial charge on any atom is -0.468 e. The van der Waals surface area contributed by atoms with Crippen LogP contribution in [0.5, 0.6) is 0 Å². The van der Waals surface area contributed by atoms with E-state index in [-0.39, 0.29) is 5.97 Å². The molecule has 176 valence electrons. The second kappa shape index (κ2) is 8.53. The number of methoxy groups -OCH3 is 1. The molecule has 0 spiro atoms. The SMILES string of the molecule is COC(=O)C(C)(C)/C=C/C[C@@H](C)[C@H]1CC[C@H]2[C@@H]3CC[C@@H]4CCCC[C@]4(C)[C@H]3CC[C@]12C. The normalized spacial score (nSPS) is 43.7. The predicted molar refractivity (Wildman–Crippen MR) is 129 cm³/mol. The number of ether oxygens (including phenoxy) is 1. The second-order valence-electron chi connectivity index (χ2n) is 13.0. The molecule has 0 saturated heterocycles. The Morgan fingerprint density at radius 1 is 1.00 bits per heavy atom. The Labute approximate surface area is 192 Å². The number of carbonyl (C=O) groups excluding carboxylic acids is 1. The fraction of sp³-hybridized carbons (Fsp3) is 0.897. The number of allylic oxidation sites excluding steroid dienone is 1. The van der Waals surface area contributed by atoms with Gasteiger partial charge in [0.25, 0.3) is 0 Å². The molecule has 8 atom stereocenters. The van der Waals surface area contributed by atoms with Crippen molar-refractivity contribution in [2.75, 3.05) is 7.11 Å². The third-order valence-corrected chi connectivity index (χ3v) is 11.1. The van der Waals surface area contributed by atoms with Crippen molar-refractivity contribution in [3.8, 4) is 0 Å². The van der Waals surface area contributed by atoms with E-state index in [1.54, 1.807) is 0 Å². The van der Waals surface area contributed by atoms with Crippen molar-refractivity contribution < 1.29 is 9.53 Å². The summed E-state index contributed by atoms with van der Waals surface area (Å²) in [5, 5.41) is 0. The molecule has 2 nitrogen and oxygen atoms in total. The molecule has 0 radical (unpaired) electrons. The van der Waals surface area contributed by atoms with Crippen LogP contribution in [0.15, 0.2) is 12.2 Å². The molecule has 31 heavy (non-hydrogen) atoms. The lowest BCUT2D eigenvalue weighted by molar-refractivity contribution is -0.148. The zero-order valence-corrected chi connectivity index (χ0v) is 21.2. The zero-order valence-electron chi connectivity index (χ0n) is 21.2. The van der Waals surface area contributed by atoms with Crippen LogP contribution in [0.2, 0.25) is 0 Å². The Hall–Kier alpha value is -0.790. The number of hydrogen-bond donors (Lipinski definition) is 0. The molecule has 0 heterocycles. The van der Waals surface area contributed by atoms with E-state index in [1.807, 2.05) is 13.8 Å². The first-order valence-electron chi connectivity index (χ1n) is 13.4. The highest BCUT2D eigenvalue weighted by Gasteiger charge is 2.60.